The number of benzene rings is 1. The second-order valence-corrected chi connectivity index (χ2v) is 8.16. The van der Waals surface area contributed by atoms with E-state index in [1.54, 1.807) is 17.2 Å². The molecule has 3 aromatic heterocycles. The molecule has 1 aromatic carbocycles. The average molecular weight is 417 g/mol. The van der Waals surface area contributed by atoms with E-state index >= 15 is 0 Å². The number of fused-ring (bicyclic) bond motifs is 1. The highest BCUT2D eigenvalue weighted by molar-refractivity contribution is 5.92. The molecular weight excluding hydrogens is 394 g/mol. The van der Waals surface area contributed by atoms with Crippen LogP contribution in [0, 0.1) is 0 Å². The van der Waals surface area contributed by atoms with Crippen LogP contribution in [0.25, 0.3) is 22.4 Å². The fourth-order valence-electron chi connectivity index (χ4n) is 3.93. The number of piperidine rings is 1. The number of hydrogen-bond donors (Lipinski definition) is 0. The molecule has 0 aliphatic carbocycles. The van der Waals surface area contributed by atoms with Crippen LogP contribution in [0.2, 0.25) is 0 Å². The zero-order valence-corrected chi connectivity index (χ0v) is 17.5. The van der Waals surface area contributed by atoms with Crippen LogP contribution in [0.15, 0.2) is 51.5 Å². The van der Waals surface area contributed by atoms with E-state index in [0.29, 0.717) is 36.3 Å². The first-order valence-corrected chi connectivity index (χ1v) is 10.5. The van der Waals surface area contributed by atoms with Crippen molar-refractivity contribution < 1.29 is 13.7 Å². The summed E-state index contributed by atoms with van der Waals surface area (Å²) in [6, 6.07) is 11.7. The van der Waals surface area contributed by atoms with E-state index in [-0.39, 0.29) is 17.7 Å². The van der Waals surface area contributed by atoms with Gasteiger partial charge in [0.05, 0.1) is 5.69 Å². The summed E-state index contributed by atoms with van der Waals surface area (Å²) in [4.78, 5) is 19.0. The number of rotatable bonds is 4. The van der Waals surface area contributed by atoms with Gasteiger partial charge in [-0.05, 0) is 30.2 Å². The average Bonchev–Trinajstić information content (AvgIpc) is 3.49. The minimum atomic E-state index is -0.121. The highest BCUT2D eigenvalue weighted by Gasteiger charge is 2.30. The topological polar surface area (TPSA) is 98.2 Å². The minimum absolute atomic E-state index is 0.112. The molecule has 0 bridgehead atoms. The van der Waals surface area contributed by atoms with E-state index in [0.717, 1.165) is 29.3 Å². The number of amides is 1. The van der Waals surface area contributed by atoms with Crippen LogP contribution < -0.4 is 0 Å². The molecule has 0 spiro atoms. The molecule has 0 unspecified atom stereocenters. The Hall–Kier alpha value is -3.55. The van der Waals surface area contributed by atoms with E-state index in [2.05, 4.69) is 20.3 Å². The number of nitrogens with zero attached hydrogens (tertiary/aromatic N) is 5. The van der Waals surface area contributed by atoms with Crippen LogP contribution in [0.1, 0.15) is 60.7 Å². The third-order valence-corrected chi connectivity index (χ3v) is 5.78. The summed E-state index contributed by atoms with van der Waals surface area (Å²) in [6.07, 6.45) is 3.25. The molecule has 4 heterocycles. The standard InChI is InChI=1S/C23H23N5O3/c1-14(2)18-13-19(31-27-18)23(29)28-11-8-16(9-12-28)21-25-26-22(30-21)20-17-6-4-3-5-15(17)7-10-24-20/h3-7,10,13-14,16H,8-9,11-12H2,1-2H3. The third-order valence-electron chi connectivity index (χ3n) is 5.78. The van der Waals surface area contributed by atoms with Crippen molar-refractivity contribution in [2.45, 2.75) is 38.5 Å². The van der Waals surface area contributed by atoms with E-state index in [9.17, 15) is 4.79 Å². The Morgan fingerprint density at radius 3 is 2.71 bits per heavy atom. The Labute approximate surface area is 179 Å². The molecule has 1 aliphatic heterocycles. The van der Waals surface area contributed by atoms with Crippen LogP contribution in [0.5, 0.6) is 0 Å². The maximum atomic E-state index is 12.7. The number of pyridine rings is 1. The quantitative estimate of drug-likeness (QED) is 0.485. The van der Waals surface area contributed by atoms with Crippen molar-refractivity contribution in [3.8, 4) is 11.6 Å². The Balaban J connectivity index is 1.28. The molecule has 158 valence electrons. The van der Waals surface area contributed by atoms with Crippen molar-refractivity contribution >= 4 is 16.7 Å². The summed E-state index contributed by atoms with van der Waals surface area (Å²) in [7, 11) is 0. The maximum Gasteiger partial charge on any atom is 0.292 e. The maximum absolute atomic E-state index is 12.7. The fourth-order valence-corrected chi connectivity index (χ4v) is 3.93. The van der Waals surface area contributed by atoms with Gasteiger partial charge in [0.15, 0.2) is 0 Å². The molecule has 5 rings (SSSR count). The zero-order valence-electron chi connectivity index (χ0n) is 17.5. The van der Waals surface area contributed by atoms with Crippen molar-refractivity contribution in [3.63, 3.8) is 0 Å². The molecule has 0 N–H and O–H groups in total. The van der Waals surface area contributed by atoms with Crippen LogP contribution in [0.3, 0.4) is 0 Å². The molecule has 8 nitrogen and oxygen atoms in total. The Morgan fingerprint density at radius 1 is 1.13 bits per heavy atom. The Morgan fingerprint density at radius 2 is 1.94 bits per heavy atom. The van der Waals surface area contributed by atoms with Gasteiger partial charge < -0.3 is 13.8 Å². The number of hydrogen-bond acceptors (Lipinski definition) is 7. The molecule has 1 amide bonds. The SMILES string of the molecule is CC(C)c1cc(C(=O)N2CCC(c3nnc(-c4nccc5ccccc45)o3)CC2)on1. The van der Waals surface area contributed by atoms with Gasteiger partial charge in [0.25, 0.3) is 11.8 Å². The summed E-state index contributed by atoms with van der Waals surface area (Å²) in [5.74, 6) is 1.53. The lowest BCUT2D eigenvalue weighted by molar-refractivity contribution is 0.0664. The summed E-state index contributed by atoms with van der Waals surface area (Å²) < 4.78 is 11.3. The van der Waals surface area contributed by atoms with Crippen LogP contribution in [-0.2, 0) is 0 Å². The van der Waals surface area contributed by atoms with Gasteiger partial charge in [-0.25, -0.2) is 0 Å². The van der Waals surface area contributed by atoms with Gasteiger partial charge in [-0.2, -0.15) is 0 Å². The van der Waals surface area contributed by atoms with Crippen LogP contribution in [-0.4, -0.2) is 44.2 Å². The van der Waals surface area contributed by atoms with Gasteiger partial charge in [0, 0.05) is 36.7 Å². The molecule has 0 atom stereocenters. The second kappa shape index (κ2) is 7.94. The Bertz CT molecular complexity index is 1220. The van der Waals surface area contributed by atoms with Gasteiger partial charge in [-0.3, -0.25) is 9.78 Å². The minimum Gasteiger partial charge on any atom is -0.419 e. The summed E-state index contributed by atoms with van der Waals surface area (Å²) >= 11 is 0. The predicted molar refractivity (Wildman–Crippen MR) is 114 cm³/mol. The lowest BCUT2D eigenvalue weighted by Crippen LogP contribution is -2.37. The van der Waals surface area contributed by atoms with E-state index < -0.39 is 0 Å². The van der Waals surface area contributed by atoms with Crippen molar-refractivity contribution in [3.05, 3.63) is 59.9 Å². The molecule has 1 fully saturated rings. The lowest BCUT2D eigenvalue weighted by atomic mass is 9.96. The van der Waals surface area contributed by atoms with Gasteiger partial charge in [-0.15, -0.1) is 10.2 Å². The first-order valence-electron chi connectivity index (χ1n) is 10.5. The first kappa shape index (κ1) is 19.4. The predicted octanol–water partition coefficient (Wildman–Crippen LogP) is 4.42. The monoisotopic (exact) mass is 417 g/mol. The number of aromatic nitrogens is 4. The first-order chi connectivity index (χ1) is 15.1. The summed E-state index contributed by atoms with van der Waals surface area (Å²) in [5.41, 5.74) is 1.48. The number of carbonyl (C=O) groups excluding carboxylic acids is 1. The smallest absolute Gasteiger partial charge is 0.292 e. The lowest BCUT2D eigenvalue weighted by Gasteiger charge is -2.29. The largest absolute Gasteiger partial charge is 0.419 e. The van der Waals surface area contributed by atoms with Crippen molar-refractivity contribution in [2.24, 2.45) is 0 Å². The fraction of sp³-hybridized carbons (Fsp3) is 0.348. The molecule has 1 saturated heterocycles. The van der Waals surface area contributed by atoms with Gasteiger partial charge in [-0.1, -0.05) is 43.3 Å². The highest BCUT2D eigenvalue weighted by atomic mass is 16.5. The number of likely N-dealkylation sites (tertiary alicyclic amines) is 1. The van der Waals surface area contributed by atoms with Crippen LogP contribution >= 0.6 is 0 Å². The van der Waals surface area contributed by atoms with E-state index in [1.807, 2.05) is 44.2 Å². The zero-order chi connectivity index (χ0) is 21.4. The normalized spacial score (nSPS) is 15.1. The molecule has 0 radical (unpaired) electrons. The molecule has 4 aromatic rings. The summed E-state index contributed by atoms with van der Waals surface area (Å²) in [5, 5.41) is 14.6. The van der Waals surface area contributed by atoms with Gasteiger partial charge in [0.1, 0.15) is 5.69 Å². The van der Waals surface area contributed by atoms with E-state index in [4.69, 9.17) is 8.94 Å². The molecule has 8 heteroatoms. The van der Waals surface area contributed by atoms with Crippen LogP contribution in [0.4, 0.5) is 0 Å². The van der Waals surface area contributed by atoms with Crippen molar-refractivity contribution in [1.29, 1.82) is 0 Å². The van der Waals surface area contributed by atoms with Crippen molar-refractivity contribution in [1.82, 2.24) is 25.2 Å². The molecule has 0 saturated carbocycles. The second-order valence-electron chi connectivity index (χ2n) is 8.16. The van der Waals surface area contributed by atoms with Gasteiger partial charge in [0.2, 0.25) is 11.7 Å². The number of carbonyl (C=O) groups is 1. The third kappa shape index (κ3) is 3.69. The highest BCUT2D eigenvalue weighted by Crippen LogP contribution is 2.31. The van der Waals surface area contributed by atoms with E-state index in [1.165, 1.54) is 0 Å². The molecule has 31 heavy (non-hydrogen) atoms. The van der Waals surface area contributed by atoms with Crippen molar-refractivity contribution in [2.75, 3.05) is 13.1 Å². The molecule has 1 aliphatic rings. The van der Waals surface area contributed by atoms with Gasteiger partial charge >= 0.3 is 0 Å². The Kier molecular flexibility index (Phi) is 4.97. The molecular formula is C23H23N5O3. The summed E-state index contributed by atoms with van der Waals surface area (Å²) in [6.45, 7) is 5.24.